The maximum absolute atomic E-state index is 14.0. The largest absolute Gasteiger partial charge is 0.444 e. The molecule has 5 rings (SSSR count). The zero-order chi connectivity index (χ0) is 25.0. The molecule has 0 N–H and O–H groups in total. The Morgan fingerprint density at radius 1 is 1.17 bits per heavy atom. The summed E-state index contributed by atoms with van der Waals surface area (Å²) in [6, 6.07) is 13.7. The molecule has 3 heterocycles. The highest BCUT2D eigenvalue weighted by molar-refractivity contribution is 9.10. The second-order valence-corrected chi connectivity index (χ2v) is 11.4. The Morgan fingerprint density at radius 3 is 2.60 bits per heavy atom. The third kappa shape index (κ3) is 4.29. The minimum atomic E-state index is -0.647. The molecule has 0 radical (unpaired) electrons. The molecule has 0 atom stereocenters. The molecule has 1 saturated heterocycles. The number of ether oxygens (including phenoxy) is 1. The van der Waals surface area contributed by atoms with Gasteiger partial charge in [-0.25, -0.2) is 4.79 Å². The third-order valence-corrected chi connectivity index (χ3v) is 7.92. The summed E-state index contributed by atoms with van der Waals surface area (Å²) in [5.74, 6) is 0.0624. The van der Waals surface area contributed by atoms with E-state index < -0.39 is 11.0 Å². The van der Waals surface area contributed by atoms with Gasteiger partial charge in [0.05, 0.1) is 17.7 Å². The van der Waals surface area contributed by atoms with E-state index >= 15 is 0 Å². The van der Waals surface area contributed by atoms with E-state index in [9.17, 15) is 9.59 Å². The molecule has 2 aromatic carbocycles. The number of benzene rings is 2. The maximum Gasteiger partial charge on any atom is 0.410 e. The fraction of sp³-hybridized carbons (Fsp3) is 0.370. The first-order chi connectivity index (χ1) is 16.6. The standard InChI is InChI=1S/C27H27BrClN3O3/c1-26(2,3)35-25(34)31-12-10-27(11-13-31)20-6-4-5-7-22(20)32(24(27)33)16-21-23(28)19-9-8-18(29)14-17(19)15-30-21/h4-9,14-15H,10-13,16H2,1-3H3. The summed E-state index contributed by atoms with van der Waals surface area (Å²) in [6.45, 7) is 6.88. The normalized spacial score (nSPS) is 17.2. The van der Waals surface area contributed by atoms with Gasteiger partial charge >= 0.3 is 6.09 Å². The number of piperidine rings is 1. The van der Waals surface area contributed by atoms with Gasteiger partial charge < -0.3 is 14.5 Å². The van der Waals surface area contributed by atoms with Gasteiger partial charge in [0.1, 0.15) is 5.60 Å². The summed E-state index contributed by atoms with van der Waals surface area (Å²) in [5.41, 5.74) is 1.52. The van der Waals surface area contributed by atoms with Crippen LogP contribution in [-0.2, 0) is 21.5 Å². The second-order valence-electron chi connectivity index (χ2n) is 10.2. The Bertz CT molecular complexity index is 1330. The number of carbonyl (C=O) groups excluding carboxylic acids is 2. The lowest BCUT2D eigenvalue weighted by Gasteiger charge is -2.38. The fourth-order valence-corrected chi connectivity index (χ4v) is 5.86. The van der Waals surface area contributed by atoms with Crippen molar-refractivity contribution >= 4 is 56.0 Å². The van der Waals surface area contributed by atoms with E-state index in [1.165, 1.54) is 0 Å². The van der Waals surface area contributed by atoms with E-state index in [0.717, 1.165) is 32.2 Å². The van der Waals surface area contributed by atoms with Crippen molar-refractivity contribution < 1.29 is 14.3 Å². The fourth-order valence-electron chi connectivity index (χ4n) is 5.09. The predicted molar refractivity (Wildman–Crippen MR) is 141 cm³/mol. The molecule has 0 bridgehead atoms. The SMILES string of the molecule is CC(C)(C)OC(=O)N1CCC2(CC1)C(=O)N(Cc1ncc3cc(Cl)ccc3c1Br)c1ccccc12. The van der Waals surface area contributed by atoms with Crippen molar-refractivity contribution in [2.24, 2.45) is 0 Å². The van der Waals surface area contributed by atoms with E-state index in [0.29, 0.717) is 37.5 Å². The van der Waals surface area contributed by atoms with Gasteiger partial charge in [-0.15, -0.1) is 0 Å². The third-order valence-electron chi connectivity index (χ3n) is 6.80. The quantitative estimate of drug-likeness (QED) is 0.363. The van der Waals surface area contributed by atoms with Crippen LogP contribution in [0.15, 0.2) is 53.1 Å². The van der Waals surface area contributed by atoms with Crippen LogP contribution < -0.4 is 4.90 Å². The Kier molecular flexibility index (Phi) is 6.04. The first kappa shape index (κ1) is 24.1. The van der Waals surface area contributed by atoms with Crippen LogP contribution in [0.1, 0.15) is 44.9 Å². The number of likely N-dealkylation sites (tertiary alicyclic amines) is 1. The average molecular weight is 557 g/mol. The Balaban J connectivity index is 1.43. The highest BCUT2D eigenvalue weighted by atomic mass is 79.9. The van der Waals surface area contributed by atoms with Crippen LogP contribution >= 0.6 is 27.5 Å². The lowest BCUT2D eigenvalue weighted by atomic mass is 9.73. The van der Waals surface area contributed by atoms with Crippen LogP contribution in [0.3, 0.4) is 0 Å². The number of fused-ring (bicyclic) bond motifs is 3. The number of hydrogen-bond acceptors (Lipinski definition) is 4. The van der Waals surface area contributed by atoms with Gasteiger partial charge in [-0.05, 0) is 78.7 Å². The molecule has 0 aliphatic carbocycles. The number of carbonyl (C=O) groups is 2. The first-order valence-corrected chi connectivity index (χ1v) is 12.9. The van der Waals surface area contributed by atoms with E-state index in [4.69, 9.17) is 16.3 Å². The van der Waals surface area contributed by atoms with E-state index in [1.54, 1.807) is 11.1 Å². The molecule has 0 saturated carbocycles. The number of aromatic nitrogens is 1. The van der Waals surface area contributed by atoms with Crippen LogP contribution in [0.2, 0.25) is 5.02 Å². The van der Waals surface area contributed by atoms with Crippen LogP contribution in [0.5, 0.6) is 0 Å². The van der Waals surface area contributed by atoms with E-state index in [2.05, 4.69) is 20.9 Å². The van der Waals surface area contributed by atoms with Gasteiger partial charge in [-0.1, -0.05) is 35.9 Å². The van der Waals surface area contributed by atoms with Crippen molar-refractivity contribution in [2.75, 3.05) is 18.0 Å². The predicted octanol–water partition coefficient (Wildman–Crippen LogP) is 6.47. The molecule has 3 aromatic rings. The first-order valence-electron chi connectivity index (χ1n) is 11.7. The molecule has 35 heavy (non-hydrogen) atoms. The van der Waals surface area contributed by atoms with Gasteiger partial charge in [-0.3, -0.25) is 9.78 Å². The average Bonchev–Trinajstić information content (AvgIpc) is 3.03. The number of anilines is 1. The lowest BCUT2D eigenvalue weighted by Crippen LogP contribution is -2.50. The van der Waals surface area contributed by atoms with Crippen LogP contribution in [0, 0.1) is 0 Å². The summed E-state index contributed by atoms with van der Waals surface area (Å²) in [5, 5.41) is 2.59. The Hall–Kier alpha value is -2.64. The van der Waals surface area contributed by atoms with Gasteiger partial charge in [-0.2, -0.15) is 0 Å². The number of amides is 2. The molecular formula is C27H27BrClN3O3. The van der Waals surface area contributed by atoms with E-state index in [-0.39, 0.29) is 12.0 Å². The smallest absolute Gasteiger partial charge is 0.410 e. The number of halogens is 2. The molecule has 182 valence electrons. The molecular weight excluding hydrogens is 530 g/mol. The number of nitrogens with zero attached hydrogens (tertiary/aromatic N) is 3. The molecule has 2 aliphatic heterocycles. The zero-order valence-corrected chi connectivity index (χ0v) is 22.3. The van der Waals surface area contributed by atoms with Gasteiger partial charge in [0, 0.05) is 39.9 Å². The highest BCUT2D eigenvalue weighted by Crippen LogP contribution is 2.48. The summed E-state index contributed by atoms with van der Waals surface area (Å²) in [7, 11) is 0. The zero-order valence-electron chi connectivity index (χ0n) is 20.0. The molecule has 2 aliphatic rings. The Morgan fingerprint density at radius 2 is 1.89 bits per heavy atom. The molecule has 1 aromatic heterocycles. The molecule has 1 fully saturated rings. The van der Waals surface area contributed by atoms with Crippen LogP contribution in [0.25, 0.3) is 10.8 Å². The number of hydrogen-bond donors (Lipinski definition) is 0. The summed E-state index contributed by atoms with van der Waals surface area (Å²) in [6.07, 6.45) is 2.59. The molecule has 6 nitrogen and oxygen atoms in total. The number of rotatable bonds is 2. The minimum Gasteiger partial charge on any atom is -0.444 e. The van der Waals surface area contributed by atoms with E-state index in [1.807, 2.05) is 68.1 Å². The highest BCUT2D eigenvalue weighted by Gasteiger charge is 2.52. The van der Waals surface area contributed by atoms with Crippen molar-refractivity contribution in [1.29, 1.82) is 0 Å². The van der Waals surface area contributed by atoms with Gasteiger partial charge in [0.2, 0.25) is 5.91 Å². The number of para-hydroxylation sites is 1. The minimum absolute atomic E-state index is 0.0624. The van der Waals surface area contributed by atoms with Gasteiger partial charge in [0.15, 0.2) is 0 Å². The topological polar surface area (TPSA) is 62.7 Å². The number of pyridine rings is 1. The van der Waals surface area contributed by atoms with Crippen molar-refractivity contribution in [3.8, 4) is 0 Å². The summed E-state index contributed by atoms with van der Waals surface area (Å²) >= 11 is 9.85. The van der Waals surface area contributed by atoms with Crippen molar-refractivity contribution in [1.82, 2.24) is 9.88 Å². The van der Waals surface area contributed by atoms with Crippen molar-refractivity contribution in [2.45, 2.75) is 51.2 Å². The van der Waals surface area contributed by atoms with Crippen LogP contribution in [-0.4, -0.2) is 40.6 Å². The van der Waals surface area contributed by atoms with Crippen molar-refractivity contribution in [3.63, 3.8) is 0 Å². The summed E-state index contributed by atoms with van der Waals surface area (Å²) in [4.78, 5) is 34.8. The Labute approximate surface area is 218 Å². The summed E-state index contributed by atoms with van der Waals surface area (Å²) < 4.78 is 6.41. The molecule has 0 unspecified atom stereocenters. The molecule has 2 amide bonds. The maximum atomic E-state index is 14.0. The lowest BCUT2D eigenvalue weighted by molar-refractivity contribution is -0.125. The molecule has 8 heteroatoms. The molecule has 1 spiro atoms. The van der Waals surface area contributed by atoms with Gasteiger partial charge in [0.25, 0.3) is 0 Å². The van der Waals surface area contributed by atoms with Crippen LogP contribution in [0.4, 0.5) is 10.5 Å². The monoisotopic (exact) mass is 555 g/mol. The second kappa shape index (κ2) is 8.79. The van der Waals surface area contributed by atoms with Crippen molar-refractivity contribution in [3.05, 3.63) is 69.4 Å².